The molecule has 0 aromatic heterocycles. The molecular formula is C21H26ClN3O3. The van der Waals surface area contributed by atoms with Crippen molar-refractivity contribution in [3.05, 3.63) is 52.0 Å². The number of ether oxygens (including phenoxy) is 1. The molecule has 2 N–H and O–H groups in total. The molecule has 0 spiro atoms. The summed E-state index contributed by atoms with van der Waals surface area (Å²) in [5, 5.41) is 14.7. The smallest absolute Gasteiger partial charge is 0.277 e. The Morgan fingerprint density at radius 2 is 1.86 bits per heavy atom. The molecule has 2 rings (SSSR count). The molecule has 0 unspecified atom stereocenters. The highest BCUT2D eigenvalue weighted by Gasteiger charge is 2.07. The van der Waals surface area contributed by atoms with Gasteiger partial charge in [-0.3, -0.25) is 4.79 Å². The fraction of sp³-hybridized carbons (Fsp3) is 0.333. The van der Waals surface area contributed by atoms with Crippen LogP contribution >= 0.6 is 11.6 Å². The Morgan fingerprint density at radius 1 is 1.21 bits per heavy atom. The first kappa shape index (κ1) is 21.6. The van der Waals surface area contributed by atoms with E-state index in [1.807, 2.05) is 19.9 Å². The van der Waals surface area contributed by atoms with Gasteiger partial charge < -0.3 is 14.7 Å². The number of phenolic OH excluding ortho intramolecular Hbond substituents is 1. The molecule has 0 atom stereocenters. The van der Waals surface area contributed by atoms with Gasteiger partial charge in [-0.1, -0.05) is 11.6 Å². The predicted octanol–water partition coefficient (Wildman–Crippen LogP) is 4.04. The molecule has 2 aromatic rings. The van der Waals surface area contributed by atoms with Crippen molar-refractivity contribution in [2.24, 2.45) is 5.10 Å². The summed E-state index contributed by atoms with van der Waals surface area (Å²) in [6, 6.07) is 8.91. The maximum absolute atomic E-state index is 11.9. The Bertz CT molecular complexity index is 841. The summed E-state index contributed by atoms with van der Waals surface area (Å²) >= 11 is 6.12. The second-order valence-electron chi connectivity index (χ2n) is 6.37. The highest BCUT2D eigenvalue weighted by molar-refractivity contribution is 6.32. The number of hydrogen-bond donors (Lipinski definition) is 2. The van der Waals surface area contributed by atoms with Crippen LogP contribution in [0.15, 0.2) is 35.4 Å². The molecule has 6 nitrogen and oxygen atoms in total. The van der Waals surface area contributed by atoms with Crippen molar-refractivity contribution in [3.8, 4) is 11.5 Å². The summed E-state index contributed by atoms with van der Waals surface area (Å²) in [6.07, 6.45) is 1.40. The van der Waals surface area contributed by atoms with E-state index in [2.05, 4.69) is 29.3 Å². The first-order valence-corrected chi connectivity index (χ1v) is 9.52. The number of amides is 1. The number of nitrogens with zero attached hydrogens (tertiary/aromatic N) is 2. The lowest BCUT2D eigenvalue weighted by atomic mass is 10.1. The van der Waals surface area contributed by atoms with Crippen LogP contribution in [0, 0.1) is 13.8 Å². The third-order valence-electron chi connectivity index (χ3n) is 4.32. The van der Waals surface area contributed by atoms with Crippen LogP contribution in [0.2, 0.25) is 5.02 Å². The molecule has 1 amide bonds. The molecule has 0 fully saturated rings. The molecule has 0 radical (unpaired) electrons. The minimum atomic E-state index is -0.402. The van der Waals surface area contributed by atoms with Crippen molar-refractivity contribution in [2.45, 2.75) is 27.7 Å². The molecule has 0 bridgehead atoms. The second kappa shape index (κ2) is 9.99. The van der Waals surface area contributed by atoms with Gasteiger partial charge in [-0.05, 0) is 63.1 Å². The Labute approximate surface area is 170 Å². The molecule has 0 saturated heterocycles. The maximum atomic E-state index is 11.9. The minimum Gasteiger partial charge on any atom is -0.507 e. The molecule has 0 saturated carbocycles. The van der Waals surface area contributed by atoms with E-state index in [1.54, 1.807) is 24.3 Å². The van der Waals surface area contributed by atoms with Gasteiger partial charge >= 0.3 is 0 Å². The highest BCUT2D eigenvalue weighted by atomic mass is 35.5. The van der Waals surface area contributed by atoms with Crippen molar-refractivity contribution in [1.82, 2.24) is 5.43 Å². The van der Waals surface area contributed by atoms with Crippen LogP contribution in [0.3, 0.4) is 0 Å². The van der Waals surface area contributed by atoms with E-state index in [1.165, 1.54) is 6.21 Å². The van der Waals surface area contributed by atoms with E-state index in [9.17, 15) is 9.90 Å². The summed E-state index contributed by atoms with van der Waals surface area (Å²) in [5.41, 5.74) is 5.61. The summed E-state index contributed by atoms with van der Waals surface area (Å²) in [5.74, 6) is 0.273. The van der Waals surface area contributed by atoms with Crippen molar-refractivity contribution in [2.75, 3.05) is 24.6 Å². The fourth-order valence-electron chi connectivity index (χ4n) is 2.77. The third-order valence-corrected chi connectivity index (χ3v) is 4.91. The van der Waals surface area contributed by atoms with Gasteiger partial charge in [-0.15, -0.1) is 0 Å². The Kier molecular flexibility index (Phi) is 7.70. The zero-order valence-electron chi connectivity index (χ0n) is 16.6. The summed E-state index contributed by atoms with van der Waals surface area (Å²) in [7, 11) is 0. The van der Waals surface area contributed by atoms with Crippen LogP contribution in [0.25, 0.3) is 0 Å². The molecule has 0 aliphatic carbocycles. The second-order valence-corrected chi connectivity index (χ2v) is 6.75. The van der Waals surface area contributed by atoms with Gasteiger partial charge in [0.15, 0.2) is 6.61 Å². The van der Waals surface area contributed by atoms with E-state index < -0.39 is 5.91 Å². The lowest BCUT2D eigenvalue weighted by Gasteiger charge is -2.21. The van der Waals surface area contributed by atoms with Crippen molar-refractivity contribution in [3.63, 3.8) is 0 Å². The number of benzene rings is 2. The van der Waals surface area contributed by atoms with E-state index in [0.29, 0.717) is 16.3 Å². The number of aromatic hydroxyl groups is 1. The van der Waals surface area contributed by atoms with Crippen LogP contribution < -0.4 is 15.1 Å². The average Bonchev–Trinajstić information content (AvgIpc) is 2.67. The van der Waals surface area contributed by atoms with Crippen LogP contribution in [0.1, 0.15) is 30.5 Å². The number of nitrogens with one attached hydrogen (secondary N) is 1. The van der Waals surface area contributed by atoms with E-state index >= 15 is 0 Å². The zero-order chi connectivity index (χ0) is 20.7. The minimum absolute atomic E-state index is 0.103. The van der Waals surface area contributed by atoms with E-state index in [-0.39, 0.29) is 12.4 Å². The highest BCUT2D eigenvalue weighted by Crippen LogP contribution is 2.26. The zero-order valence-corrected chi connectivity index (χ0v) is 17.4. The number of hydrazone groups is 1. The molecule has 0 aliphatic rings. The van der Waals surface area contributed by atoms with Crippen molar-refractivity contribution in [1.29, 1.82) is 0 Å². The molecule has 2 aromatic carbocycles. The number of halogens is 1. The molecule has 0 heterocycles. The lowest BCUT2D eigenvalue weighted by molar-refractivity contribution is -0.123. The van der Waals surface area contributed by atoms with Gasteiger partial charge in [0.2, 0.25) is 0 Å². The number of anilines is 1. The Hall–Kier alpha value is -2.73. The Morgan fingerprint density at radius 3 is 2.43 bits per heavy atom. The molecule has 150 valence electrons. The summed E-state index contributed by atoms with van der Waals surface area (Å²) < 4.78 is 5.48. The van der Waals surface area contributed by atoms with Gasteiger partial charge in [0.1, 0.15) is 11.5 Å². The fourth-order valence-corrected chi connectivity index (χ4v) is 2.88. The molecule has 7 heteroatoms. The predicted molar refractivity (Wildman–Crippen MR) is 114 cm³/mol. The lowest BCUT2D eigenvalue weighted by Crippen LogP contribution is -2.24. The first-order chi connectivity index (χ1) is 13.3. The average molecular weight is 404 g/mol. The van der Waals surface area contributed by atoms with Gasteiger partial charge in [-0.2, -0.15) is 5.10 Å². The number of rotatable bonds is 8. The summed E-state index contributed by atoms with van der Waals surface area (Å²) in [6.45, 7) is 9.40. The largest absolute Gasteiger partial charge is 0.507 e. The molecule has 28 heavy (non-hydrogen) atoms. The number of carbonyl (C=O) groups excluding carboxylic acids is 1. The SMILES string of the molecule is CCN(CC)c1ccc(/C=N\NC(=O)COc2cc(C)c(Cl)c(C)c2)c(O)c1. The van der Waals surface area contributed by atoms with Gasteiger partial charge in [0.25, 0.3) is 5.91 Å². The number of phenols is 1. The topological polar surface area (TPSA) is 74.2 Å². The maximum Gasteiger partial charge on any atom is 0.277 e. The van der Waals surface area contributed by atoms with E-state index in [0.717, 1.165) is 29.9 Å². The summed E-state index contributed by atoms with van der Waals surface area (Å²) in [4.78, 5) is 14.0. The monoisotopic (exact) mass is 403 g/mol. The van der Waals surface area contributed by atoms with Gasteiger partial charge in [0.05, 0.1) is 6.21 Å². The number of carbonyl (C=O) groups is 1. The van der Waals surface area contributed by atoms with E-state index in [4.69, 9.17) is 16.3 Å². The van der Waals surface area contributed by atoms with Gasteiger partial charge in [0, 0.05) is 35.4 Å². The normalized spacial score (nSPS) is 10.9. The molecular weight excluding hydrogens is 378 g/mol. The van der Waals surface area contributed by atoms with Crippen molar-refractivity contribution < 1.29 is 14.6 Å². The van der Waals surface area contributed by atoms with Crippen LogP contribution in [-0.2, 0) is 4.79 Å². The number of hydrogen-bond acceptors (Lipinski definition) is 5. The van der Waals surface area contributed by atoms with Crippen LogP contribution in [0.4, 0.5) is 5.69 Å². The van der Waals surface area contributed by atoms with Crippen LogP contribution in [-0.4, -0.2) is 36.9 Å². The number of aryl methyl sites for hydroxylation is 2. The first-order valence-electron chi connectivity index (χ1n) is 9.15. The third kappa shape index (κ3) is 5.63. The standard InChI is InChI=1S/C21H26ClN3O3/c1-5-25(6-2)17-8-7-16(19(26)11-17)12-23-24-20(27)13-28-18-9-14(3)21(22)15(4)10-18/h7-12,26H,5-6,13H2,1-4H3,(H,24,27)/b23-12-. The van der Waals surface area contributed by atoms with Crippen molar-refractivity contribution >= 4 is 29.4 Å². The quantitative estimate of drug-likeness (QED) is 0.515. The van der Waals surface area contributed by atoms with Crippen LogP contribution in [0.5, 0.6) is 11.5 Å². The Balaban J connectivity index is 1.91. The molecule has 0 aliphatic heterocycles. The van der Waals surface area contributed by atoms with Gasteiger partial charge in [-0.25, -0.2) is 5.43 Å².